The fraction of sp³-hybridized carbons (Fsp3) is 0.222. The van der Waals surface area contributed by atoms with Crippen LogP contribution in [0.1, 0.15) is 6.42 Å². The monoisotopic (exact) mass is 358 g/mol. The van der Waals surface area contributed by atoms with E-state index in [2.05, 4.69) is 15.6 Å². The highest BCUT2D eigenvalue weighted by atomic mass is 32.2. The van der Waals surface area contributed by atoms with Crippen LogP contribution in [0.15, 0.2) is 59.6 Å². The molecule has 6 nitrogen and oxygen atoms in total. The van der Waals surface area contributed by atoms with Crippen molar-refractivity contribution in [3.63, 3.8) is 0 Å². The largest absolute Gasteiger partial charge is 0.469 e. The number of esters is 1. The van der Waals surface area contributed by atoms with Crippen LogP contribution in [0.4, 0.5) is 17.1 Å². The highest BCUT2D eigenvalue weighted by Gasteiger charge is 2.38. The first-order chi connectivity index (χ1) is 12.1. The lowest BCUT2D eigenvalue weighted by Crippen LogP contribution is -2.44. The maximum Gasteiger partial charge on any atom is 0.316 e. The summed E-state index contributed by atoms with van der Waals surface area (Å²) < 4.78 is 4.75. The third kappa shape index (κ3) is 4.52. The van der Waals surface area contributed by atoms with Crippen molar-refractivity contribution in [1.29, 1.82) is 0 Å². The standard InChI is InChI=1S/C18H19N3O3S/c1-24-16(22)11-18(23)12-25-17(19-13-7-3-2-4-8-13)20-14-9-5-6-10-15(14)21-18/h2-10,21,23H,11-12H2,1H3,(H,19,20)/p+1. The van der Waals surface area contributed by atoms with Crippen LogP contribution in [-0.2, 0) is 9.53 Å². The Balaban J connectivity index is 1.91. The van der Waals surface area contributed by atoms with Gasteiger partial charge >= 0.3 is 5.97 Å². The molecule has 2 aromatic rings. The van der Waals surface area contributed by atoms with Gasteiger partial charge < -0.3 is 20.5 Å². The molecular weight excluding hydrogens is 338 g/mol. The molecular formula is C18H20N3O3S+. The second kappa shape index (κ2) is 7.58. The molecule has 0 saturated heterocycles. The van der Waals surface area contributed by atoms with E-state index in [1.54, 1.807) is 0 Å². The molecule has 0 spiro atoms. The van der Waals surface area contributed by atoms with E-state index in [9.17, 15) is 4.79 Å². The Morgan fingerprint density at radius 3 is 2.76 bits per heavy atom. The Bertz CT molecular complexity index is 782. The molecule has 1 unspecified atom stereocenters. The molecule has 1 atom stereocenters. The molecule has 1 heterocycles. The molecule has 2 aromatic carbocycles. The van der Waals surface area contributed by atoms with Crippen LogP contribution in [-0.4, -0.2) is 34.8 Å². The number of benzene rings is 2. The summed E-state index contributed by atoms with van der Waals surface area (Å²) >= 11 is 1.40. The fourth-order valence-electron chi connectivity index (χ4n) is 2.43. The van der Waals surface area contributed by atoms with Crippen LogP contribution in [0, 0.1) is 0 Å². The molecule has 130 valence electrons. The van der Waals surface area contributed by atoms with Crippen LogP contribution < -0.4 is 10.6 Å². The molecule has 1 aliphatic rings. The topological polar surface area (TPSA) is 85.6 Å². The van der Waals surface area contributed by atoms with Gasteiger partial charge in [-0.15, -0.1) is 0 Å². The number of hydrogen-bond donors (Lipinski definition) is 2. The van der Waals surface area contributed by atoms with Gasteiger partial charge in [0.1, 0.15) is 6.42 Å². The third-order valence-corrected chi connectivity index (χ3v) is 4.76. The number of hydrogen-bond acceptors (Lipinski definition) is 6. The van der Waals surface area contributed by atoms with E-state index in [1.807, 2.05) is 54.6 Å². The van der Waals surface area contributed by atoms with Crippen molar-refractivity contribution < 1.29 is 14.6 Å². The van der Waals surface area contributed by atoms with Crippen molar-refractivity contribution in [3.05, 3.63) is 54.6 Å². The Kier molecular flexibility index (Phi) is 5.25. The molecule has 0 amide bonds. The second-order valence-corrected chi connectivity index (χ2v) is 6.64. The number of amidine groups is 1. The van der Waals surface area contributed by atoms with Gasteiger partial charge in [-0.1, -0.05) is 42.1 Å². The van der Waals surface area contributed by atoms with Gasteiger partial charge in [0, 0.05) is 5.69 Å². The number of methoxy groups -OCH3 is 1. The predicted octanol–water partition coefficient (Wildman–Crippen LogP) is 2.93. The second-order valence-electron chi connectivity index (χ2n) is 5.67. The minimum absolute atomic E-state index is 0.0521. The molecule has 7 heteroatoms. The molecule has 0 aliphatic carbocycles. The number of ether oxygens (including phenoxy) is 1. The zero-order valence-electron chi connectivity index (χ0n) is 13.8. The summed E-state index contributed by atoms with van der Waals surface area (Å²) in [5, 5.41) is 15.8. The summed E-state index contributed by atoms with van der Waals surface area (Å²) in [6.45, 7) is 0. The number of carbonyl (C=O) groups is 1. The number of thioether (sulfide) groups is 1. The average molecular weight is 358 g/mol. The van der Waals surface area contributed by atoms with E-state index in [4.69, 9.17) is 9.84 Å². The van der Waals surface area contributed by atoms with Crippen LogP contribution >= 0.6 is 11.8 Å². The average Bonchev–Trinajstić information content (AvgIpc) is 2.61. The van der Waals surface area contributed by atoms with Crippen LogP contribution in [0.3, 0.4) is 0 Å². The molecule has 0 aromatic heterocycles. The van der Waals surface area contributed by atoms with Gasteiger partial charge in [0.25, 0.3) is 5.72 Å². The van der Waals surface area contributed by atoms with E-state index >= 15 is 0 Å². The van der Waals surface area contributed by atoms with Gasteiger partial charge in [0.15, 0.2) is 5.17 Å². The normalized spacial score (nSPS) is 19.5. The Hall–Kier alpha value is -2.51. The number of anilines is 2. The zero-order chi connectivity index (χ0) is 17.7. The molecule has 1 aliphatic heterocycles. The lowest BCUT2D eigenvalue weighted by Gasteiger charge is -2.27. The number of fused-ring (bicyclic) bond motifs is 1. The summed E-state index contributed by atoms with van der Waals surface area (Å²) in [7, 11) is 1.33. The first-order valence-electron chi connectivity index (χ1n) is 7.81. The number of rotatable bonds is 3. The highest BCUT2D eigenvalue weighted by molar-refractivity contribution is 8.14. The number of para-hydroxylation sites is 3. The highest BCUT2D eigenvalue weighted by Crippen LogP contribution is 2.33. The summed E-state index contributed by atoms with van der Waals surface area (Å²) in [6.07, 6.45) is -0.0521. The summed E-state index contributed by atoms with van der Waals surface area (Å²) in [5.74, 6) is -0.0783. The van der Waals surface area contributed by atoms with Crippen molar-refractivity contribution in [2.75, 3.05) is 23.5 Å². The Labute approximate surface area is 150 Å². The smallest absolute Gasteiger partial charge is 0.316 e. The fourth-order valence-corrected chi connectivity index (χ4v) is 3.34. The number of nitrogens with zero attached hydrogens (tertiary/aromatic N) is 1. The van der Waals surface area contributed by atoms with Crippen LogP contribution in [0.5, 0.6) is 0 Å². The van der Waals surface area contributed by atoms with E-state index < -0.39 is 11.7 Å². The summed E-state index contributed by atoms with van der Waals surface area (Å²) in [5.41, 5.74) is 1.17. The molecule has 25 heavy (non-hydrogen) atoms. The van der Waals surface area contributed by atoms with Crippen molar-refractivity contribution in [1.82, 2.24) is 0 Å². The molecule has 0 radical (unpaired) electrons. The van der Waals surface area contributed by atoms with Gasteiger partial charge in [-0.05, 0) is 24.3 Å². The van der Waals surface area contributed by atoms with Crippen LogP contribution in [0.2, 0.25) is 0 Å². The van der Waals surface area contributed by atoms with E-state index in [1.165, 1.54) is 18.9 Å². The maximum atomic E-state index is 11.7. The van der Waals surface area contributed by atoms with Crippen LogP contribution in [0.25, 0.3) is 0 Å². The third-order valence-electron chi connectivity index (χ3n) is 3.65. The first kappa shape index (κ1) is 17.3. The lowest BCUT2D eigenvalue weighted by molar-refractivity contribution is -0.144. The van der Waals surface area contributed by atoms with E-state index in [-0.39, 0.29) is 6.42 Å². The number of aliphatic imine (C=N–C) groups is 1. The maximum absolute atomic E-state index is 11.7. The minimum atomic E-state index is -1.19. The minimum Gasteiger partial charge on any atom is -0.469 e. The molecule has 0 fully saturated rings. The Morgan fingerprint density at radius 1 is 1.28 bits per heavy atom. The van der Waals surface area contributed by atoms with Crippen molar-refractivity contribution in [3.8, 4) is 0 Å². The quantitative estimate of drug-likeness (QED) is 0.651. The number of carbonyl (C=O) groups excluding carboxylic acids is 1. The molecule has 3 rings (SSSR count). The van der Waals surface area contributed by atoms with Crippen molar-refractivity contribution in [2.45, 2.75) is 12.1 Å². The van der Waals surface area contributed by atoms with Gasteiger partial charge in [0.05, 0.1) is 24.2 Å². The summed E-state index contributed by atoms with van der Waals surface area (Å²) in [4.78, 5) is 16.4. The summed E-state index contributed by atoms with van der Waals surface area (Å²) in [6, 6.07) is 17.2. The first-order valence-corrected chi connectivity index (χ1v) is 8.79. The van der Waals surface area contributed by atoms with Gasteiger partial charge in [-0.25, -0.2) is 4.99 Å². The lowest BCUT2D eigenvalue weighted by atomic mass is 10.1. The van der Waals surface area contributed by atoms with Gasteiger partial charge in [-0.3, -0.25) is 4.79 Å². The van der Waals surface area contributed by atoms with Crippen molar-refractivity contribution >= 4 is 40.0 Å². The SMILES string of the molecule is COC(=O)CC1([OH2+])CSC(Nc2ccccc2)=Nc2ccccc2N1. The number of nitrogens with one attached hydrogen (secondary N) is 2. The van der Waals surface area contributed by atoms with E-state index in [0.717, 1.165) is 11.4 Å². The Morgan fingerprint density at radius 2 is 2.00 bits per heavy atom. The molecule has 0 saturated carbocycles. The molecule has 4 N–H and O–H groups in total. The van der Waals surface area contributed by atoms with Gasteiger partial charge in [-0.2, -0.15) is 0 Å². The van der Waals surface area contributed by atoms with Crippen molar-refractivity contribution in [2.24, 2.45) is 4.99 Å². The molecule has 0 bridgehead atoms. The van der Waals surface area contributed by atoms with E-state index in [0.29, 0.717) is 16.6 Å². The van der Waals surface area contributed by atoms with Gasteiger partial charge in [0.2, 0.25) is 0 Å². The predicted molar refractivity (Wildman–Crippen MR) is 103 cm³/mol. The zero-order valence-corrected chi connectivity index (χ0v) is 14.6.